The van der Waals surface area contributed by atoms with E-state index < -0.39 is 0 Å². The average Bonchev–Trinajstić information content (AvgIpc) is 2.95. The van der Waals surface area contributed by atoms with Crippen LogP contribution in [0.25, 0.3) is 0 Å². The summed E-state index contributed by atoms with van der Waals surface area (Å²) in [4.78, 5) is 11.1. The van der Waals surface area contributed by atoms with Crippen molar-refractivity contribution in [1.29, 1.82) is 0 Å². The molecule has 0 bridgehead atoms. The third-order valence-electron chi connectivity index (χ3n) is 1.87. The van der Waals surface area contributed by atoms with E-state index in [4.69, 9.17) is 4.74 Å². The van der Waals surface area contributed by atoms with E-state index >= 15 is 0 Å². The van der Waals surface area contributed by atoms with Crippen molar-refractivity contribution in [3.63, 3.8) is 0 Å². The number of epoxide rings is 1. The van der Waals surface area contributed by atoms with Crippen LogP contribution in [0.3, 0.4) is 0 Å². The van der Waals surface area contributed by atoms with Crippen LogP contribution in [0.15, 0.2) is 11.6 Å². The molecule has 0 aromatic carbocycles. The molecule has 0 radical (unpaired) electrons. The number of carbonyl (C=O) groups excluding carboxylic acids is 1. The predicted molar refractivity (Wildman–Crippen MR) is 52.9 cm³/mol. The van der Waals surface area contributed by atoms with Crippen LogP contribution < -0.4 is 0 Å². The van der Waals surface area contributed by atoms with E-state index in [-0.39, 0.29) is 5.97 Å². The van der Waals surface area contributed by atoms with Gasteiger partial charge in [-0.1, -0.05) is 22.0 Å². The minimum atomic E-state index is -0.256. The Morgan fingerprint density at radius 1 is 1.77 bits per heavy atom. The molecule has 3 nitrogen and oxygen atoms in total. The zero-order chi connectivity index (χ0) is 9.68. The van der Waals surface area contributed by atoms with Gasteiger partial charge in [-0.15, -0.1) is 0 Å². The number of rotatable bonds is 5. The summed E-state index contributed by atoms with van der Waals surface area (Å²) in [6, 6.07) is 0. The van der Waals surface area contributed by atoms with Crippen LogP contribution >= 0.6 is 15.9 Å². The van der Waals surface area contributed by atoms with Gasteiger partial charge in [0.1, 0.15) is 0 Å². The Morgan fingerprint density at radius 2 is 2.46 bits per heavy atom. The fourth-order valence-corrected chi connectivity index (χ4v) is 1.46. The third kappa shape index (κ3) is 3.91. The molecule has 0 aliphatic carbocycles. The van der Waals surface area contributed by atoms with E-state index in [0.29, 0.717) is 17.0 Å². The maximum atomic E-state index is 11.1. The van der Waals surface area contributed by atoms with Crippen LogP contribution in [0, 0.1) is 0 Å². The largest absolute Gasteiger partial charge is 0.466 e. The Balaban J connectivity index is 2.29. The molecule has 74 valence electrons. The van der Waals surface area contributed by atoms with E-state index in [1.54, 1.807) is 0 Å². The van der Waals surface area contributed by atoms with E-state index in [9.17, 15) is 4.79 Å². The van der Waals surface area contributed by atoms with Gasteiger partial charge in [-0.2, -0.15) is 0 Å². The van der Waals surface area contributed by atoms with Crippen molar-refractivity contribution in [3.05, 3.63) is 11.6 Å². The van der Waals surface area contributed by atoms with Gasteiger partial charge in [-0.25, -0.2) is 4.79 Å². The number of methoxy groups -OCH3 is 1. The third-order valence-corrected chi connectivity index (χ3v) is 2.48. The summed E-state index contributed by atoms with van der Waals surface area (Å²) in [6.45, 7) is 0.871. The highest BCUT2D eigenvalue weighted by Crippen LogP contribution is 2.16. The Hall–Kier alpha value is -0.350. The van der Waals surface area contributed by atoms with Crippen molar-refractivity contribution in [1.82, 2.24) is 0 Å². The molecule has 0 aromatic heterocycles. The molecule has 4 heteroatoms. The zero-order valence-electron chi connectivity index (χ0n) is 7.59. The molecule has 1 aliphatic rings. The van der Waals surface area contributed by atoms with Crippen molar-refractivity contribution in [2.45, 2.75) is 18.9 Å². The molecule has 0 spiro atoms. The molecule has 1 rings (SSSR count). The average molecular weight is 249 g/mol. The van der Waals surface area contributed by atoms with Crippen molar-refractivity contribution >= 4 is 21.9 Å². The summed E-state index contributed by atoms with van der Waals surface area (Å²) >= 11 is 3.24. The minimum Gasteiger partial charge on any atom is -0.466 e. The first-order valence-electron chi connectivity index (χ1n) is 4.23. The number of esters is 1. The van der Waals surface area contributed by atoms with Gasteiger partial charge in [0.25, 0.3) is 0 Å². The van der Waals surface area contributed by atoms with Crippen LogP contribution in [-0.4, -0.2) is 31.1 Å². The summed E-state index contributed by atoms with van der Waals surface area (Å²) in [5, 5.41) is 0.547. The van der Waals surface area contributed by atoms with Crippen molar-refractivity contribution in [2.75, 3.05) is 19.0 Å². The number of ether oxygens (including phenoxy) is 2. The van der Waals surface area contributed by atoms with Gasteiger partial charge in [0, 0.05) is 10.9 Å². The Labute approximate surface area is 86.2 Å². The molecule has 1 saturated heterocycles. The zero-order valence-corrected chi connectivity index (χ0v) is 9.17. The first-order valence-corrected chi connectivity index (χ1v) is 5.35. The highest BCUT2D eigenvalue weighted by atomic mass is 79.9. The SMILES string of the molecule is COC(=O)/C(=C\CCC1CO1)CBr. The molecule has 0 saturated carbocycles. The smallest absolute Gasteiger partial charge is 0.334 e. The molecule has 1 aliphatic heterocycles. The van der Waals surface area contributed by atoms with Gasteiger partial charge in [-0.3, -0.25) is 0 Å². The Kier molecular flexibility index (Phi) is 4.45. The Bertz CT molecular complexity index is 209. The lowest BCUT2D eigenvalue weighted by Gasteiger charge is -2.00. The normalized spacial score (nSPS) is 21.4. The number of hydrogen-bond donors (Lipinski definition) is 0. The first kappa shape index (κ1) is 10.7. The summed E-state index contributed by atoms with van der Waals surface area (Å²) in [6.07, 6.45) is 4.20. The van der Waals surface area contributed by atoms with Gasteiger partial charge < -0.3 is 9.47 Å². The van der Waals surface area contributed by atoms with Gasteiger partial charge in [0.2, 0.25) is 0 Å². The topological polar surface area (TPSA) is 38.8 Å². The molecule has 1 fully saturated rings. The second-order valence-corrected chi connectivity index (χ2v) is 3.45. The minimum absolute atomic E-state index is 0.256. The molecule has 0 N–H and O–H groups in total. The lowest BCUT2D eigenvalue weighted by molar-refractivity contribution is -0.135. The van der Waals surface area contributed by atoms with E-state index in [2.05, 4.69) is 20.7 Å². The van der Waals surface area contributed by atoms with Gasteiger partial charge >= 0.3 is 5.97 Å². The number of hydrogen-bond acceptors (Lipinski definition) is 3. The molecule has 1 unspecified atom stereocenters. The maximum absolute atomic E-state index is 11.1. The standard InChI is InChI=1S/C9H13BrO3/c1-12-9(11)7(5-10)3-2-4-8-6-13-8/h3,8H,2,4-6H2,1H3/b7-3-. The molecule has 1 heterocycles. The number of alkyl halides is 1. The summed E-state index contributed by atoms with van der Waals surface area (Å²) in [5.74, 6) is -0.256. The van der Waals surface area contributed by atoms with Crippen LogP contribution in [0.4, 0.5) is 0 Å². The van der Waals surface area contributed by atoms with Crippen LogP contribution in [0.1, 0.15) is 12.8 Å². The van der Waals surface area contributed by atoms with E-state index in [1.165, 1.54) is 7.11 Å². The van der Waals surface area contributed by atoms with Crippen molar-refractivity contribution < 1.29 is 14.3 Å². The second kappa shape index (κ2) is 5.40. The van der Waals surface area contributed by atoms with Gasteiger partial charge in [0.05, 0.1) is 19.8 Å². The Morgan fingerprint density at radius 3 is 2.92 bits per heavy atom. The summed E-state index contributed by atoms with van der Waals surface area (Å²) in [5.41, 5.74) is 0.683. The molecular formula is C9H13BrO3. The summed E-state index contributed by atoms with van der Waals surface area (Å²) < 4.78 is 9.66. The summed E-state index contributed by atoms with van der Waals surface area (Å²) in [7, 11) is 1.39. The molecular weight excluding hydrogens is 236 g/mol. The number of carbonyl (C=O) groups is 1. The quantitative estimate of drug-likeness (QED) is 0.322. The number of halogens is 1. The van der Waals surface area contributed by atoms with Crippen molar-refractivity contribution in [2.24, 2.45) is 0 Å². The first-order chi connectivity index (χ1) is 6.27. The lowest BCUT2D eigenvalue weighted by Crippen LogP contribution is -2.05. The van der Waals surface area contributed by atoms with Crippen LogP contribution in [0.2, 0.25) is 0 Å². The van der Waals surface area contributed by atoms with E-state index in [0.717, 1.165) is 19.4 Å². The lowest BCUT2D eigenvalue weighted by atomic mass is 10.2. The van der Waals surface area contributed by atoms with Gasteiger partial charge in [0.15, 0.2) is 0 Å². The molecule has 0 aromatic rings. The fraction of sp³-hybridized carbons (Fsp3) is 0.667. The second-order valence-electron chi connectivity index (χ2n) is 2.89. The molecule has 0 amide bonds. The van der Waals surface area contributed by atoms with Gasteiger partial charge in [-0.05, 0) is 12.8 Å². The van der Waals surface area contributed by atoms with Crippen LogP contribution in [0.5, 0.6) is 0 Å². The van der Waals surface area contributed by atoms with E-state index in [1.807, 2.05) is 6.08 Å². The highest BCUT2D eigenvalue weighted by Gasteiger charge is 2.21. The molecule has 1 atom stereocenters. The van der Waals surface area contributed by atoms with Crippen molar-refractivity contribution in [3.8, 4) is 0 Å². The van der Waals surface area contributed by atoms with Crippen LogP contribution in [-0.2, 0) is 14.3 Å². The number of allylic oxidation sites excluding steroid dienone is 1. The predicted octanol–water partition coefficient (Wildman–Crippen LogP) is 1.66. The maximum Gasteiger partial charge on any atom is 0.334 e. The highest BCUT2D eigenvalue weighted by molar-refractivity contribution is 9.09. The fourth-order valence-electron chi connectivity index (χ4n) is 1.00. The molecule has 13 heavy (non-hydrogen) atoms. The monoisotopic (exact) mass is 248 g/mol.